The minimum absolute atomic E-state index is 0.0967. The van der Waals surface area contributed by atoms with Crippen molar-refractivity contribution in [1.82, 2.24) is 9.97 Å². The minimum Gasteiger partial charge on any atom is -0.497 e. The first-order chi connectivity index (χ1) is 15.1. The van der Waals surface area contributed by atoms with Crippen LogP contribution in [0, 0.1) is 0 Å². The molecule has 4 rings (SSSR count). The summed E-state index contributed by atoms with van der Waals surface area (Å²) in [5, 5.41) is 2.90. The lowest BCUT2D eigenvalue weighted by molar-refractivity contribution is -0.115. The molecule has 1 aromatic heterocycles. The summed E-state index contributed by atoms with van der Waals surface area (Å²) in [4.78, 5) is 32.9. The highest BCUT2D eigenvalue weighted by molar-refractivity contribution is 7.98. The van der Waals surface area contributed by atoms with Crippen LogP contribution in [0.2, 0.25) is 0 Å². The Balaban J connectivity index is 1.35. The molecule has 31 heavy (non-hydrogen) atoms. The van der Waals surface area contributed by atoms with Gasteiger partial charge in [-0.05, 0) is 54.1 Å². The molecule has 0 radical (unpaired) electrons. The Kier molecular flexibility index (Phi) is 6.33. The van der Waals surface area contributed by atoms with E-state index in [0.29, 0.717) is 11.4 Å². The first kappa shape index (κ1) is 20.7. The van der Waals surface area contributed by atoms with Gasteiger partial charge >= 0.3 is 0 Å². The largest absolute Gasteiger partial charge is 0.497 e. The Bertz CT molecular complexity index is 1270. The van der Waals surface area contributed by atoms with Crippen LogP contribution in [-0.2, 0) is 17.0 Å². The van der Waals surface area contributed by atoms with E-state index in [1.165, 1.54) is 11.8 Å². The first-order valence-electron chi connectivity index (χ1n) is 9.74. The topological polar surface area (TPSA) is 84.1 Å². The fourth-order valence-corrected chi connectivity index (χ4v) is 3.95. The molecule has 1 heterocycles. The van der Waals surface area contributed by atoms with Crippen molar-refractivity contribution in [3.63, 3.8) is 0 Å². The second-order valence-corrected chi connectivity index (χ2v) is 7.97. The summed E-state index contributed by atoms with van der Waals surface area (Å²) in [5.41, 5.74) is 3.42. The van der Waals surface area contributed by atoms with Crippen molar-refractivity contribution < 1.29 is 9.53 Å². The van der Waals surface area contributed by atoms with Gasteiger partial charge in [0.05, 0.1) is 24.6 Å². The van der Waals surface area contributed by atoms with Crippen molar-refractivity contribution in [3.8, 4) is 5.75 Å². The smallest absolute Gasteiger partial charge is 0.271 e. The average molecular weight is 432 g/mol. The number of aromatic amines is 1. The second-order valence-electron chi connectivity index (χ2n) is 6.92. The van der Waals surface area contributed by atoms with Crippen molar-refractivity contribution in [3.05, 3.63) is 94.4 Å². The number of nitrogens with one attached hydrogen (secondary N) is 2. The molecule has 3 aromatic carbocycles. The first-order valence-corrected chi connectivity index (χ1v) is 10.7. The normalized spacial score (nSPS) is 10.7. The van der Waals surface area contributed by atoms with Crippen molar-refractivity contribution in [2.24, 2.45) is 0 Å². The summed E-state index contributed by atoms with van der Waals surface area (Å²) >= 11 is 1.52. The molecule has 2 N–H and O–H groups in total. The standard InChI is InChI=1S/C24H21N3O3S/c1-30-18-6-4-5-16(13-18)14-23(28)25-17-9-11-19(12-10-17)31-15-22-24(29)27-21-8-3-2-7-20(21)26-22/h2-13H,14-15H2,1H3,(H,25,28)(H,27,29). The Morgan fingerprint density at radius 3 is 2.68 bits per heavy atom. The van der Waals surface area contributed by atoms with E-state index in [1.54, 1.807) is 7.11 Å². The molecule has 0 aliphatic heterocycles. The highest BCUT2D eigenvalue weighted by Crippen LogP contribution is 2.23. The summed E-state index contributed by atoms with van der Waals surface area (Å²) < 4.78 is 5.19. The van der Waals surface area contributed by atoms with Gasteiger partial charge < -0.3 is 15.0 Å². The van der Waals surface area contributed by atoms with Gasteiger partial charge in [0.2, 0.25) is 5.91 Å². The van der Waals surface area contributed by atoms with Gasteiger partial charge in [0, 0.05) is 16.3 Å². The highest BCUT2D eigenvalue weighted by Gasteiger charge is 2.08. The number of fused-ring (bicyclic) bond motifs is 1. The summed E-state index contributed by atoms with van der Waals surface area (Å²) in [6.07, 6.45) is 0.268. The van der Waals surface area contributed by atoms with Gasteiger partial charge in [-0.3, -0.25) is 9.59 Å². The van der Waals surface area contributed by atoms with Gasteiger partial charge in [-0.1, -0.05) is 24.3 Å². The van der Waals surface area contributed by atoms with E-state index in [9.17, 15) is 9.59 Å². The molecule has 0 fully saturated rings. The summed E-state index contributed by atoms with van der Waals surface area (Å²) in [5.74, 6) is 1.09. The zero-order chi connectivity index (χ0) is 21.6. The molecule has 0 atom stereocenters. The van der Waals surface area contributed by atoms with Crippen molar-refractivity contribution in [2.75, 3.05) is 12.4 Å². The van der Waals surface area contributed by atoms with Gasteiger partial charge in [0.1, 0.15) is 11.4 Å². The maximum absolute atomic E-state index is 12.3. The number of aromatic nitrogens is 2. The Morgan fingerprint density at radius 2 is 1.87 bits per heavy atom. The summed E-state index contributed by atoms with van der Waals surface area (Å²) in [6.45, 7) is 0. The lowest BCUT2D eigenvalue weighted by atomic mass is 10.1. The Hall–Kier alpha value is -3.58. The number of carbonyl (C=O) groups excluding carboxylic acids is 1. The molecular formula is C24H21N3O3S. The van der Waals surface area contributed by atoms with Gasteiger partial charge in [-0.25, -0.2) is 4.98 Å². The predicted molar refractivity (Wildman–Crippen MR) is 124 cm³/mol. The number of thioether (sulfide) groups is 1. The van der Waals surface area contributed by atoms with Crippen molar-refractivity contribution >= 4 is 34.4 Å². The molecule has 0 spiro atoms. The highest BCUT2D eigenvalue weighted by atomic mass is 32.2. The Labute approximate surface area is 183 Å². The SMILES string of the molecule is COc1cccc(CC(=O)Nc2ccc(SCc3nc4ccccc4[nH]c3=O)cc2)c1. The molecule has 0 bridgehead atoms. The van der Waals surface area contributed by atoms with Gasteiger partial charge in [0.25, 0.3) is 5.56 Å². The molecule has 7 heteroatoms. The number of methoxy groups -OCH3 is 1. The lowest BCUT2D eigenvalue weighted by Crippen LogP contribution is -2.14. The number of amides is 1. The number of rotatable bonds is 7. The minimum atomic E-state index is -0.173. The van der Waals surface area contributed by atoms with Gasteiger partial charge in [-0.15, -0.1) is 11.8 Å². The molecule has 0 unspecified atom stereocenters. The number of para-hydroxylation sites is 2. The molecule has 0 saturated carbocycles. The third-order valence-electron chi connectivity index (χ3n) is 4.68. The maximum Gasteiger partial charge on any atom is 0.271 e. The van der Waals surface area contributed by atoms with Crippen molar-refractivity contribution in [2.45, 2.75) is 17.1 Å². The van der Waals surface area contributed by atoms with Gasteiger partial charge in [-0.2, -0.15) is 0 Å². The lowest BCUT2D eigenvalue weighted by Gasteiger charge is -2.08. The van der Waals surface area contributed by atoms with Crippen LogP contribution < -0.4 is 15.6 Å². The molecule has 6 nitrogen and oxygen atoms in total. The predicted octanol–water partition coefficient (Wildman–Crippen LogP) is 4.41. The van der Waals surface area contributed by atoms with E-state index in [4.69, 9.17) is 4.74 Å². The number of H-pyrrole nitrogens is 1. The van der Waals surface area contributed by atoms with E-state index >= 15 is 0 Å². The van der Waals surface area contributed by atoms with Crippen LogP contribution in [0.1, 0.15) is 11.3 Å². The molecule has 4 aromatic rings. The maximum atomic E-state index is 12.3. The molecule has 0 aliphatic carbocycles. The third kappa shape index (κ3) is 5.32. The third-order valence-corrected chi connectivity index (χ3v) is 5.71. The zero-order valence-electron chi connectivity index (χ0n) is 16.9. The van der Waals surface area contributed by atoms with Crippen LogP contribution >= 0.6 is 11.8 Å². The van der Waals surface area contributed by atoms with Crippen LogP contribution in [-0.4, -0.2) is 23.0 Å². The number of anilines is 1. The number of benzene rings is 3. The van der Waals surface area contributed by atoms with Gasteiger partial charge in [0.15, 0.2) is 0 Å². The molecule has 0 aliphatic rings. The Morgan fingerprint density at radius 1 is 1.06 bits per heavy atom. The molecular weight excluding hydrogens is 410 g/mol. The molecule has 1 amide bonds. The van der Waals surface area contributed by atoms with E-state index in [1.807, 2.05) is 72.8 Å². The van der Waals surface area contributed by atoms with Crippen LogP contribution in [0.15, 0.2) is 82.5 Å². The number of ether oxygens (including phenoxy) is 1. The molecule has 156 valence electrons. The second kappa shape index (κ2) is 9.49. The van der Waals surface area contributed by atoms with Crippen LogP contribution in [0.4, 0.5) is 5.69 Å². The molecule has 0 saturated heterocycles. The van der Waals surface area contributed by atoms with Crippen LogP contribution in [0.25, 0.3) is 11.0 Å². The fourth-order valence-electron chi connectivity index (χ4n) is 3.12. The number of hydrogen-bond donors (Lipinski definition) is 2. The summed E-state index contributed by atoms with van der Waals surface area (Å²) in [7, 11) is 1.60. The average Bonchev–Trinajstić information content (AvgIpc) is 2.78. The van der Waals surface area contributed by atoms with E-state index in [-0.39, 0.29) is 17.9 Å². The fraction of sp³-hybridized carbons (Fsp3) is 0.125. The van der Waals surface area contributed by atoms with E-state index in [2.05, 4.69) is 15.3 Å². The van der Waals surface area contributed by atoms with E-state index < -0.39 is 0 Å². The van der Waals surface area contributed by atoms with E-state index in [0.717, 1.165) is 32.9 Å². The zero-order valence-corrected chi connectivity index (χ0v) is 17.7. The quantitative estimate of drug-likeness (QED) is 0.424. The monoisotopic (exact) mass is 431 g/mol. The number of hydrogen-bond acceptors (Lipinski definition) is 5. The number of carbonyl (C=O) groups is 1. The van der Waals surface area contributed by atoms with Crippen LogP contribution in [0.5, 0.6) is 5.75 Å². The summed E-state index contributed by atoms with van der Waals surface area (Å²) in [6, 6.07) is 22.5. The van der Waals surface area contributed by atoms with Crippen molar-refractivity contribution in [1.29, 1.82) is 0 Å². The number of nitrogens with zero attached hydrogens (tertiary/aromatic N) is 1. The van der Waals surface area contributed by atoms with Crippen LogP contribution in [0.3, 0.4) is 0 Å².